The smallest absolute Gasteiger partial charge is 0.240 e. The number of aromatic nitrogens is 1. The molecule has 1 aromatic carbocycles. The third-order valence-electron chi connectivity index (χ3n) is 6.39. The molecule has 3 heterocycles. The van der Waals surface area contributed by atoms with Gasteiger partial charge in [-0.25, -0.2) is 4.98 Å². The van der Waals surface area contributed by atoms with E-state index >= 15 is 0 Å². The molecule has 6 nitrogen and oxygen atoms in total. The molecule has 0 spiro atoms. The number of hydrogen-bond donors (Lipinski definition) is 1. The van der Waals surface area contributed by atoms with Crippen molar-refractivity contribution in [3.8, 4) is 17.3 Å². The number of unbranched alkanes of at least 4 members (excludes halogenated alkanes) is 1. The van der Waals surface area contributed by atoms with Crippen LogP contribution < -0.4 is 5.73 Å². The molecular formula is C24H31N5OS2. The van der Waals surface area contributed by atoms with Crippen molar-refractivity contribution in [1.29, 1.82) is 5.26 Å². The summed E-state index contributed by atoms with van der Waals surface area (Å²) in [6.07, 6.45) is 5.18. The zero-order valence-electron chi connectivity index (χ0n) is 18.4. The van der Waals surface area contributed by atoms with Gasteiger partial charge in [0.2, 0.25) is 5.91 Å². The monoisotopic (exact) mass is 469 g/mol. The number of benzene rings is 1. The lowest BCUT2D eigenvalue weighted by Crippen LogP contribution is -2.42. The summed E-state index contributed by atoms with van der Waals surface area (Å²) in [5.41, 5.74) is 8.88. The number of thioether (sulfide) groups is 1. The molecule has 32 heavy (non-hydrogen) atoms. The molecule has 0 radical (unpaired) electrons. The number of thiazole rings is 1. The highest BCUT2D eigenvalue weighted by atomic mass is 32.2. The SMILES string of the molecule is N#Cc1ccc(-c2csc(C3CCN(CCCC[C@H](N)C(=O)N4CCSC4)CC3)n2)cc1. The Bertz CT molecular complexity index is 925. The molecule has 0 bridgehead atoms. The van der Waals surface area contributed by atoms with Gasteiger partial charge in [0.05, 0.1) is 34.3 Å². The van der Waals surface area contributed by atoms with Crippen LogP contribution in [-0.4, -0.2) is 64.5 Å². The molecule has 1 amide bonds. The Morgan fingerprint density at radius 2 is 2.00 bits per heavy atom. The summed E-state index contributed by atoms with van der Waals surface area (Å²) in [7, 11) is 0. The van der Waals surface area contributed by atoms with Gasteiger partial charge in [0, 0.05) is 29.2 Å². The second-order valence-corrected chi connectivity index (χ2v) is 10.6. The summed E-state index contributed by atoms with van der Waals surface area (Å²) >= 11 is 3.56. The van der Waals surface area contributed by atoms with Gasteiger partial charge in [0.15, 0.2) is 0 Å². The Hall–Kier alpha value is -1.92. The largest absolute Gasteiger partial charge is 0.331 e. The van der Waals surface area contributed by atoms with Gasteiger partial charge >= 0.3 is 0 Å². The van der Waals surface area contributed by atoms with E-state index in [1.54, 1.807) is 23.1 Å². The minimum absolute atomic E-state index is 0.125. The van der Waals surface area contributed by atoms with Crippen LogP contribution in [0.1, 0.15) is 48.6 Å². The predicted octanol–water partition coefficient (Wildman–Crippen LogP) is 3.89. The number of piperidine rings is 1. The zero-order valence-corrected chi connectivity index (χ0v) is 20.0. The van der Waals surface area contributed by atoms with E-state index in [2.05, 4.69) is 16.3 Å². The fraction of sp³-hybridized carbons (Fsp3) is 0.542. The molecule has 4 rings (SSSR count). The first-order valence-corrected chi connectivity index (χ1v) is 13.5. The lowest BCUT2D eigenvalue weighted by molar-refractivity contribution is -0.131. The molecule has 0 aliphatic carbocycles. The van der Waals surface area contributed by atoms with E-state index in [4.69, 9.17) is 16.0 Å². The molecule has 2 fully saturated rings. The average molecular weight is 470 g/mol. The van der Waals surface area contributed by atoms with Gasteiger partial charge in [0.25, 0.3) is 0 Å². The number of nitrogens with zero attached hydrogens (tertiary/aromatic N) is 4. The lowest BCUT2D eigenvalue weighted by atomic mass is 9.97. The number of nitrogens with two attached hydrogens (primary N) is 1. The standard InChI is InChI=1S/C24H31N5OS2/c25-15-18-4-6-19(7-5-18)22-16-32-23(27-22)20-8-11-28(12-9-20)10-2-1-3-21(26)24(30)29-13-14-31-17-29/h4-7,16,20-21H,1-3,8-14,17,26H2/t21-/m0/s1. The van der Waals surface area contributed by atoms with E-state index in [0.29, 0.717) is 11.5 Å². The van der Waals surface area contributed by atoms with Gasteiger partial charge in [-0.15, -0.1) is 23.1 Å². The van der Waals surface area contributed by atoms with Crippen LogP contribution in [0, 0.1) is 11.3 Å². The van der Waals surface area contributed by atoms with Crippen LogP contribution >= 0.6 is 23.1 Å². The molecule has 1 aromatic heterocycles. The molecule has 0 unspecified atom stereocenters. The van der Waals surface area contributed by atoms with Crippen LogP contribution in [0.15, 0.2) is 29.6 Å². The summed E-state index contributed by atoms with van der Waals surface area (Å²) in [6, 6.07) is 9.47. The van der Waals surface area contributed by atoms with E-state index in [0.717, 1.165) is 81.2 Å². The van der Waals surface area contributed by atoms with Crippen molar-refractivity contribution in [2.75, 3.05) is 37.8 Å². The minimum atomic E-state index is -0.338. The lowest BCUT2D eigenvalue weighted by Gasteiger charge is -2.31. The fourth-order valence-electron chi connectivity index (χ4n) is 4.37. The third-order valence-corrected chi connectivity index (χ3v) is 8.36. The zero-order chi connectivity index (χ0) is 22.3. The van der Waals surface area contributed by atoms with Crippen molar-refractivity contribution in [1.82, 2.24) is 14.8 Å². The number of nitriles is 1. The Labute approximate surface area is 198 Å². The van der Waals surface area contributed by atoms with Crippen molar-refractivity contribution < 1.29 is 4.79 Å². The highest BCUT2D eigenvalue weighted by molar-refractivity contribution is 7.99. The van der Waals surface area contributed by atoms with Gasteiger partial charge < -0.3 is 15.5 Å². The number of rotatable bonds is 8. The van der Waals surface area contributed by atoms with Gasteiger partial charge in [-0.3, -0.25) is 4.79 Å². The first kappa shape index (κ1) is 23.2. The quantitative estimate of drug-likeness (QED) is 0.590. The number of amides is 1. The van der Waals surface area contributed by atoms with E-state index in [1.165, 1.54) is 5.01 Å². The van der Waals surface area contributed by atoms with Gasteiger partial charge in [-0.05, 0) is 57.5 Å². The molecule has 1 atom stereocenters. The Balaban J connectivity index is 1.16. The van der Waals surface area contributed by atoms with Crippen molar-refractivity contribution in [3.05, 3.63) is 40.2 Å². The predicted molar refractivity (Wildman–Crippen MR) is 132 cm³/mol. The maximum Gasteiger partial charge on any atom is 0.240 e. The topological polar surface area (TPSA) is 86.2 Å². The molecule has 0 saturated carbocycles. The van der Waals surface area contributed by atoms with E-state index in [1.807, 2.05) is 29.2 Å². The van der Waals surface area contributed by atoms with Crippen LogP contribution in [0.4, 0.5) is 0 Å². The Morgan fingerprint density at radius 1 is 1.22 bits per heavy atom. The third kappa shape index (κ3) is 5.90. The van der Waals surface area contributed by atoms with Crippen LogP contribution in [0.25, 0.3) is 11.3 Å². The molecule has 2 N–H and O–H groups in total. The molecule has 2 saturated heterocycles. The van der Waals surface area contributed by atoms with Crippen LogP contribution in [0.2, 0.25) is 0 Å². The van der Waals surface area contributed by atoms with Crippen LogP contribution in [0.5, 0.6) is 0 Å². The summed E-state index contributed by atoms with van der Waals surface area (Å²) in [4.78, 5) is 21.6. The Kier molecular flexibility index (Phi) is 8.20. The van der Waals surface area contributed by atoms with E-state index < -0.39 is 0 Å². The molecule has 2 aliphatic heterocycles. The first-order valence-electron chi connectivity index (χ1n) is 11.4. The number of carbonyl (C=O) groups is 1. The van der Waals surface area contributed by atoms with Crippen molar-refractivity contribution in [2.24, 2.45) is 5.73 Å². The van der Waals surface area contributed by atoms with Gasteiger partial charge in [-0.2, -0.15) is 5.26 Å². The summed E-state index contributed by atoms with van der Waals surface area (Å²) in [5, 5.41) is 12.3. The molecule has 170 valence electrons. The second-order valence-electron chi connectivity index (χ2n) is 8.62. The highest BCUT2D eigenvalue weighted by Gasteiger charge is 2.25. The van der Waals surface area contributed by atoms with Gasteiger partial charge in [0.1, 0.15) is 0 Å². The van der Waals surface area contributed by atoms with Crippen molar-refractivity contribution in [3.63, 3.8) is 0 Å². The molecule has 8 heteroatoms. The molecular weight excluding hydrogens is 438 g/mol. The van der Waals surface area contributed by atoms with E-state index in [9.17, 15) is 4.79 Å². The van der Waals surface area contributed by atoms with Gasteiger partial charge in [-0.1, -0.05) is 18.6 Å². The van der Waals surface area contributed by atoms with Crippen molar-refractivity contribution in [2.45, 2.75) is 44.1 Å². The number of likely N-dealkylation sites (tertiary alicyclic amines) is 1. The fourth-order valence-corrected chi connectivity index (χ4v) is 6.33. The molecule has 2 aromatic rings. The van der Waals surface area contributed by atoms with Crippen LogP contribution in [-0.2, 0) is 4.79 Å². The average Bonchev–Trinajstić information content (AvgIpc) is 3.54. The Morgan fingerprint density at radius 3 is 2.69 bits per heavy atom. The normalized spacial score (nSPS) is 18.6. The summed E-state index contributed by atoms with van der Waals surface area (Å²) < 4.78 is 0. The summed E-state index contributed by atoms with van der Waals surface area (Å²) in [6.45, 7) is 4.14. The maximum absolute atomic E-state index is 12.3. The number of hydrogen-bond acceptors (Lipinski definition) is 7. The van der Waals surface area contributed by atoms with Crippen molar-refractivity contribution >= 4 is 29.0 Å². The highest BCUT2D eigenvalue weighted by Crippen LogP contribution is 2.33. The second kappa shape index (κ2) is 11.3. The molecule has 2 aliphatic rings. The summed E-state index contributed by atoms with van der Waals surface area (Å²) in [5.74, 6) is 2.49. The first-order chi connectivity index (χ1) is 15.6. The van der Waals surface area contributed by atoms with Crippen LogP contribution in [0.3, 0.4) is 0 Å². The number of carbonyl (C=O) groups excluding carboxylic acids is 1. The minimum Gasteiger partial charge on any atom is -0.331 e. The van der Waals surface area contributed by atoms with E-state index in [-0.39, 0.29) is 11.9 Å². The maximum atomic E-state index is 12.3.